The molecule has 0 amide bonds. The van der Waals surface area contributed by atoms with Crippen molar-refractivity contribution in [3.63, 3.8) is 0 Å². The number of hydrogen-bond acceptors (Lipinski definition) is 2. The first-order valence-corrected chi connectivity index (χ1v) is 6.99. The van der Waals surface area contributed by atoms with Gasteiger partial charge in [-0.15, -0.1) is 24.0 Å². The van der Waals surface area contributed by atoms with E-state index in [0.717, 1.165) is 16.8 Å². The number of aliphatic hydroxyl groups excluding tert-OH is 1. The Kier molecular flexibility index (Phi) is 7.90. The highest BCUT2D eigenvalue weighted by Gasteiger charge is 2.05. The van der Waals surface area contributed by atoms with Crippen molar-refractivity contribution < 1.29 is 5.11 Å². The average Bonchev–Trinajstić information content (AvgIpc) is 2.46. The van der Waals surface area contributed by atoms with Crippen LogP contribution < -0.4 is 11.1 Å². The summed E-state index contributed by atoms with van der Waals surface area (Å²) in [6, 6.07) is 17.7. The van der Waals surface area contributed by atoms with Crippen LogP contribution in [-0.2, 0) is 6.42 Å². The molecule has 0 fully saturated rings. The minimum absolute atomic E-state index is 0. The number of hydrogen-bond donors (Lipinski definition) is 3. The van der Waals surface area contributed by atoms with E-state index in [4.69, 9.17) is 5.73 Å². The molecule has 1 unspecified atom stereocenters. The minimum Gasteiger partial charge on any atom is -0.391 e. The molecule has 0 radical (unpaired) electrons. The average molecular weight is 411 g/mol. The van der Waals surface area contributed by atoms with E-state index in [0.29, 0.717) is 12.4 Å². The van der Waals surface area contributed by atoms with Crippen LogP contribution in [0, 0.1) is 6.92 Å². The Hall–Kier alpha value is -1.60. The van der Waals surface area contributed by atoms with E-state index >= 15 is 0 Å². The van der Waals surface area contributed by atoms with Gasteiger partial charge in [0.1, 0.15) is 0 Å². The molecule has 2 aromatic rings. The van der Waals surface area contributed by atoms with Gasteiger partial charge in [0.05, 0.1) is 12.6 Å². The number of aryl methyl sites for hydroxylation is 1. The van der Waals surface area contributed by atoms with Crippen LogP contribution in [0.15, 0.2) is 59.6 Å². The van der Waals surface area contributed by atoms with E-state index in [-0.39, 0.29) is 30.5 Å². The lowest BCUT2D eigenvalue weighted by atomic mass is 10.1. The summed E-state index contributed by atoms with van der Waals surface area (Å²) < 4.78 is 0. The van der Waals surface area contributed by atoms with Gasteiger partial charge in [0.25, 0.3) is 0 Å². The normalized spacial score (nSPS) is 12.4. The third-order valence-corrected chi connectivity index (χ3v) is 3.08. The van der Waals surface area contributed by atoms with Gasteiger partial charge in [0.15, 0.2) is 5.96 Å². The number of halogens is 1. The number of guanidine groups is 1. The van der Waals surface area contributed by atoms with Gasteiger partial charge in [0.2, 0.25) is 0 Å². The maximum absolute atomic E-state index is 9.97. The SMILES string of the molecule is Cc1cccc(NC(N)=NCC(O)Cc2ccccc2)c1.I. The zero-order chi connectivity index (χ0) is 15.1. The van der Waals surface area contributed by atoms with Crippen LogP contribution in [0.5, 0.6) is 0 Å². The summed E-state index contributed by atoms with van der Waals surface area (Å²) in [7, 11) is 0. The predicted octanol–water partition coefficient (Wildman–Crippen LogP) is 2.94. The monoisotopic (exact) mass is 411 g/mol. The molecule has 0 saturated carbocycles. The second-order valence-electron chi connectivity index (χ2n) is 5.06. The number of benzene rings is 2. The summed E-state index contributed by atoms with van der Waals surface area (Å²) in [4.78, 5) is 4.18. The Morgan fingerprint density at radius 2 is 1.91 bits per heavy atom. The zero-order valence-electron chi connectivity index (χ0n) is 12.6. The van der Waals surface area contributed by atoms with Gasteiger partial charge >= 0.3 is 0 Å². The summed E-state index contributed by atoms with van der Waals surface area (Å²) in [5, 5.41) is 13.0. The lowest BCUT2D eigenvalue weighted by Gasteiger charge is -2.10. The summed E-state index contributed by atoms with van der Waals surface area (Å²) >= 11 is 0. The van der Waals surface area contributed by atoms with Crippen molar-refractivity contribution in [2.75, 3.05) is 11.9 Å². The molecule has 0 heterocycles. The molecule has 22 heavy (non-hydrogen) atoms. The lowest BCUT2D eigenvalue weighted by molar-refractivity contribution is 0.184. The molecule has 2 aromatic carbocycles. The number of nitrogens with zero attached hydrogens (tertiary/aromatic N) is 1. The summed E-state index contributed by atoms with van der Waals surface area (Å²) in [5.41, 5.74) is 8.96. The van der Waals surface area contributed by atoms with Gasteiger partial charge in [-0.1, -0.05) is 42.5 Å². The first-order chi connectivity index (χ1) is 10.1. The molecule has 0 spiro atoms. The maximum atomic E-state index is 9.97. The fourth-order valence-electron chi connectivity index (χ4n) is 2.06. The van der Waals surface area contributed by atoms with Crippen LogP contribution in [0.25, 0.3) is 0 Å². The second-order valence-corrected chi connectivity index (χ2v) is 5.06. The highest BCUT2D eigenvalue weighted by atomic mass is 127. The van der Waals surface area contributed by atoms with Crippen molar-refractivity contribution in [3.05, 3.63) is 65.7 Å². The van der Waals surface area contributed by atoms with Crippen LogP contribution in [0.1, 0.15) is 11.1 Å². The smallest absolute Gasteiger partial charge is 0.193 e. The van der Waals surface area contributed by atoms with Crippen molar-refractivity contribution in [1.82, 2.24) is 0 Å². The van der Waals surface area contributed by atoms with Crippen molar-refractivity contribution >= 4 is 35.6 Å². The molecule has 0 bridgehead atoms. The van der Waals surface area contributed by atoms with Gasteiger partial charge in [-0.2, -0.15) is 0 Å². The van der Waals surface area contributed by atoms with Crippen molar-refractivity contribution in [2.45, 2.75) is 19.4 Å². The van der Waals surface area contributed by atoms with E-state index in [1.807, 2.05) is 61.5 Å². The number of aliphatic imine (C=N–C) groups is 1. The maximum Gasteiger partial charge on any atom is 0.193 e. The lowest BCUT2D eigenvalue weighted by Crippen LogP contribution is -2.25. The molecule has 118 valence electrons. The fraction of sp³-hybridized carbons (Fsp3) is 0.235. The van der Waals surface area contributed by atoms with Crippen LogP contribution in [0.4, 0.5) is 5.69 Å². The zero-order valence-corrected chi connectivity index (χ0v) is 14.9. The number of nitrogens with two attached hydrogens (primary N) is 1. The largest absolute Gasteiger partial charge is 0.391 e. The Morgan fingerprint density at radius 3 is 2.59 bits per heavy atom. The highest BCUT2D eigenvalue weighted by Crippen LogP contribution is 2.09. The van der Waals surface area contributed by atoms with Crippen molar-refractivity contribution in [1.29, 1.82) is 0 Å². The minimum atomic E-state index is -0.537. The van der Waals surface area contributed by atoms with Gasteiger partial charge < -0.3 is 16.2 Å². The number of aliphatic hydroxyl groups is 1. The Bertz CT molecular complexity index is 602. The fourth-order valence-corrected chi connectivity index (χ4v) is 2.06. The van der Waals surface area contributed by atoms with Crippen LogP contribution >= 0.6 is 24.0 Å². The number of rotatable bonds is 5. The van der Waals surface area contributed by atoms with E-state index in [1.165, 1.54) is 0 Å². The second kappa shape index (κ2) is 9.42. The molecule has 0 aliphatic rings. The number of nitrogens with one attached hydrogen (secondary N) is 1. The highest BCUT2D eigenvalue weighted by molar-refractivity contribution is 14.0. The molecule has 5 heteroatoms. The molecular weight excluding hydrogens is 389 g/mol. The summed E-state index contributed by atoms with van der Waals surface area (Å²) in [6.45, 7) is 2.29. The molecule has 0 saturated heterocycles. The van der Waals surface area contributed by atoms with Crippen LogP contribution in [0.3, 0.4) is 0 Å². The number of anilines is 1. The molecular formula is C17H22IN3O. The van der Waals surface area contributed by atoms with Gasteiger partial charge in [-0.25, -0.2) is 0 Å². The van der Waals surface area contributed by atoms with Gasteiger partial charge in [-0.3, -0.25) is 4.99 Å². The molecule has 4 nitrogen and oxygen atoms in total. The molecule has 2 rings (SSSR count). The quantitative estimate of drug-likeness (QED) is 0.403. The molecule has 0 aliphatic carbocycles. The topological polar surface area (TPSA) is 70.6 Å². The van der Waals surface area contributed by atoms with E-state index in [2.05, 4.69) is 10.3 Å². The summed E-state index contributed by atoms with van der Waals surface area (Å²) in [5.74, 6) is 0.313. The standard InChI is InChI=1S/C17H21N3O.HI/c1-13-6-5-9-15(10-13)20-17(18)19-12-16(21)11-14-7-3-2-4-8-14;/h2-10,16,21H,11-12H2,1H3,(H3,18,19,20);1H. The first-order valence-electron chi connectivity index (χ1n) is 6.99. The Balaban J connectivity index is 0.00000242. The first kappa shape index (κ1) is 18.4. The predicted molar refractivity (Wildman–Crippen MR) is 103 cm³/mol. The molecule has 4 N–H and O–H groups in total. The third kappa shape index (κ3) is 6.44. The Morgan fingerprint density at radius 1 is 1.18 bits per heavy atom. The molecule has 1 atom stereocenters. The van der Waals surface area contributed by atoms with Crippen molar-refractivity contribution in [2.24, 2.45) is 10.7 Å². The van der Waals surface area contributed by atoms with Gasteiger partial charge in [0, 0.05) is 12.1 Å². The van der Waals surface area contributed by atoms with E-state index < -0.39 is 6.10 Å². The summed E-state index contributed by atoms with van der Waals surface area (Å²) in [6.07, 6.45) is 0.0347. The van der Waals surface area contributed by atoms with Crippen molar-refractivity contribution in [3.8, 4) is 0 Å². The van der Waals surface area contributed by atoms with Crippen LogP contribution in [0.2, 0.25) is 0 Å². The van der Waals surface area contributed by atoms with E-state index in [1.54, 1.807) is 0 Å². The third-order valence-electron chi connectivity index (χ3n) is 3.08. The molecule has 0 aliphatic heterocycles. The van der Waals surface area contributed by atoms with E-state index in [9.17, 15) is 5.11 Å². The van der Waals surface area contributed by atoms with Crippen LogP contribution in [-0.4, -0.2) is 23.7 Å². The molecule has 0 aromatic heterocycles. The Labute approximate surface area is 148 Å². The van der Waals surface area contributed by atoms with Gasteiger partial charge in [-0.05, 0) is 30.2 Å².